The van der Waals surface area contributed by atoms with Crippen LogP contribution >= 0.6 is 11.6 Å². The van der Waals surface area contributed by atoms with Gasteiger partial charge in [0.25, 0.3) is 0 Å². The zero-order valence-electron chi connectivity index (χ0n) is 12.5. The van der Waals surface area contributed by atoms with Crippen LogP contribution in [0.1, 0.15) is 71.6 Å². The molecule has 0 radical (unpaired) electrons. The summed E-state index contributed by atoms with van der Waals surface area (Å²) in [6.07, 6.45) is 11.3. The highest BCUT2D eigenvalue weighted by atomic mass is 35.5. The molecule has 0 bridgehead atoms. The van der Waals surface area contributed by atoms with Crippen LogP contribution in [0.15, 0.2) is 12.2 Å². The van der Waals surface area contributed by atoms with E-state index in [2.05, 4.69) is 13.5 Å². The van der Waals surface area contributed by atoms with Crippen LogP contribution in [0.5, 0.6) is 0 Å². The molecule has 0 aliphatic heterocycles. The van der Waals surface area contributed by atoms with Crippen molar-refractivity contribution in [3.8, 4) is 0 Å². The molecule has 0 N–H and O–H groups in total. The summed E-state index contributed by atoms with van der Waals surface area (Å²) in [5.41, 5.74) is 0.427. The minimum Gasteiger partial charge on any atom is -0.461 e. The number of unbranched alkanes of at least 4 members (excludes halogenated alkanes) is 7. The van der Waals surface area contributed by atoms with E-state index >= 15 is 0 Å². The fourth-order valence-corrected chi connectivity index (χ4v) is 2.09. The lowest BCUT2D eigenvalue weighted by molar-refractivity contribution is -0.138. The SMILES string of the molecule is C=C(C)C(=O)OCC(Cl)CCCCCCCCCC. The smallest absolute Gasteiger partial charge is 0.333 e. The maximum Gasteiger partial charge on any atom is 0.333 e. The van der Waals surface area contributed by atoms with Crippen molar-refractivity contribution in [1.29, 1.82) is 0 Å². The topological polar surface area (TPSA) is 26.3 Å². The molecule has 0 heterocycles. The molecule has 1 unspecified atom stereocenters. The summed E-state index contributed by atoms with van der Waals surface area (Å²) < 4.78 is 5.02. The number of alkyl halides is 1. The maximum absolute atomic E-state index is 11.2. The third-order valence-electron chi connectivity index (χ3n) is 3.11. The maximum atomic E-state index is 11.2. The molecule has 0 spiro atoms. The lowest BCUT2D eigenvalue weighted by atomic mass is 10.1. The quantitative estimate of drug-likeness (QED) is 0.212. The molecule has 1 atom stereocenters. The Morgan fingerprint density at radius 1 is 1.11 bits per heavy atom. The molecule has 0 fully saturated rings. The Morgan fingerprint density at radius 2 is 1.63 bits per heavy atom. The van der Waals surface area contributed by atoms with Gasteiger partial charge in [-0.1, -0.05) is 64.9 Å². The van der Waals surface area contributed by atoms with E-state index < -0.39 is 0 Å². The Balaban J connectivity index is 3.31. The molecule has 0 aliphatic carbocycles. The van der Waals surface area contributed by atoms with E-state index in [-0.39, 0.29) is 11.3 Å². The third-order valence-corrected chi connectivity index (χ3v) is 3.46. The monoisotopic (exact) mass is 288 g/mol. The van der Waals surface area contributed by atoms with Gasteiger partial charge in [-0.3, -0.25) is 0 Å². The number of carbonyl (C=O) groups is 1. The summed E-state index contributed by atoms with van der Waals surface area (Å²) >= 11 is 6.10. The van der Waals surface area contributed by atoms with Crippen molar-refractivity contribution in [1.82, 2.24) is 0 Å². The van der Waals surface area contributed by atoms with Crippen LogP contribution in [-0.2, 0) is 9.53 Å². The summed E-state index contributed by atoms with van der Waals surface area (Å²) in [6.45, 7) is 7.71. The van der Waals surface area contributed by atoms with Crippen LogP contribution in [0.4, 0.5) is 0 Å². The number of hydrogen-bond donors (Lipinski definition) is 0. The number of hydrogen-bond acceptors (Lipinski definition) is 2. The first kappa shape index (κ1) is 18.5. The van der Waals surface area contributed by atoms with Gasteiger partial charge in [0.05, 0.1) is 5.38 Å². The van der Waals surface area contributed by atoms with Crippen molar-refractivity contribution < 1.29 is 9.53 Å². The van der Waals surface area contributed by atoms with Gasteiger partial charge in [-0.2, -0.15) is 0 Å². The van der Waals surface area contributed by atoms with Gasteiger partial charge in [0.15, 0.2) is 0 Å². The van der Waals surface area contributed by atoms with Crippen LogP contribution < -0.4 is 0 Å². The summed E-state index contributed by atoms with van der Waals surface area (Å²) in [5, 5.41) is -0.0663. The van der Waals surface area contributed by atoms with Crippen molar-refractivity contribution in [3.63, 3.8) is 0 Å². The van der Waals surface area contributed by atoms with Gasteiger partial charge < -0.3 is 4.74 Å². The number of esters is 1. The van der Waals surface area contributed by atoms with Gasteiger partial charge in [-0.15, -0.1) is 11.6 Å². The molecule has 3 heteroatoms. The minimum atomic E-state index is -0.346. The van der Waals surface area contributed by atoms with Crippen LogP contribution in [-0.4, -0.2) is 18.0 Å². The Bertz CT molecular complexity index is 251. The first-order valence-corrected chi connectivity index (χ1v) is 7.98. The molecule has 0 amide bonds. The highest BCUT2D eigenvalue weighted by Crippen LogP contribution is 2.13. The normalized spacial score (nSPS) is 12.2. The molecule has 0 saturated carbocycles. The van der Waals surface area contributed by atoms with Gasteiger partial charge in [0.2, 0.25) is 0 Å². The summed E-state index contributed by atoms with van der Waals surface area (Å²) in [5.74, 6) is -0.346. The number of rotatable bonds is 12. The van der Waals surface area contributed by atoms with Crippen molar-refractivity contribution in [3.05, 3.63) is 12.2 Å². The summed E-state index contributed by atoms with van der Waals surface area (Å²) in [7, 11) is 0. The largest absolute Gasteiger partial charge is 0.461 e. The van der Waals surface area contributed by atoms with E-state index in [1.807, 2.05) is 0 Å². The van der Waals surface area contributed by atoms with E-state index in [4.69, 9.17) is 16.3 Å². The van der Waals surface area contributed by atoms with Crippen LogP contribution in [0.25, 0.3) is 0 Å². The minimum absolute atomic E-state index is 0.0663. The lowest BCUT2D eigenvalue weighted by Crippen LogP contribution is -2.14. The summed E-state index contributed by atoms with van der Waals surface area (Å²) in [4.78, 5) is 11.2. The number of halogens is 1. The molecular weight excluding hydrogens is 260 g/mol. The molecule has 0 aromatic heterocycles. The van der Waals surface area contributed by atoms with E-state index in [1.54, 1.807) is 6.92 Å². The van der Waals surface area contributed by atoms with Crippen molar-refractivity contribution in [2.24, 2.45) is 0 Å². The molecule has 2 nitrogen and oxygen atoms in total. The van der Waals surface area contributed by atoms with Crippen LogP contribution in [0.2, 0.25) is 0 Å². The predicted molar refractivity (Wildman–Crippen MR) is 82.6 cm³/mol. The highest BCUT2D eigenvalue weighted by molar-refractivity contribution is 6.20. The second-order valence-corrected chi connectivity index (χ2v) is 5.86. The second-order valence-electron chi connectivity index (χ2n) is 5.24. The first-order chi connectivity index (χ1) is 9.07. The average molecular weight is 289 g/mol. The van der Waals surface area contributed by atoms with Crippen LogP contribution in [0, 0.1) is 0 Å². The molecule has 0 aliphatic rings. The standard InChI is InChI=1S/C16H29ClO2/c1-4-5-6-7-8-9-10-11-12-15(17)13-19-16(18)14(2)3/h15H,2,4-13H2,1,3H3. The van der Waals surface area contributed by atoms with Crippen molar-refractivity contribution in [2.75, 3.05) is 6.61 Å². The Morgan fingerprint density at radius 3 is 2.16 bits per heavy atom. The zero-order chi connectivity index (χ0) is 14.5. The van der Waals surface area contributed by atoms with Crippen LogP contribution in [0.3, 0.4) is 0 Å². The average Bonchev–Trinajstić information content (AvgIpc) is 2.38. The van der Waals surface area contributed by atoms with Crippen molar-refractivity contribution in [2.45, 2.75) is 77.0 Å². The van der Waals surface area contributed by atoms with Gasteiger partial charge in [-0.05, 0) is 13.3 Å². The predicted octanol–water partition coefficient (Wildman–Crippen LogP) is 5.24. The van der Waals surface area contributed by atoms with E-state index in [9.17, 15) is 4.79 Å². The first-order valence-electron chi connectivity index (χ1n) is 7.54. The molecule has 0 aromatic rings. The molecule has 112 valence electrons. The molecular formula is C16H29ClO2. The van der Waals surface area contributed by atoms with Gasteiger partial charge >= 0.3 is 5.97 Å². The van der Waals surface area contributed by atoms with E-state index in [0.29, 0.717) is 12.2 Å². The fraction of sp³-hybridized carbons (Fsp3) is 0.812. The molecule has 19 heavy (non-hydrogen) atoms. The summed E-state index contributed by atoms with van der Waals surface area (Å²) in [6, 6.07) is 0. The molecule has 0 aromatic carbocycles. The second kappa shape index (κ2) is 12.5. The molecule has 0 saturated heterocycles. The number of carbonyl (C=O) groups excluding carboxylic acids is 1. The third kappa shape index (κ3) is 12.3. The van der Waals surface area contributed by atoms with E-state index in [0.717, 1.165) is 12.8 Å². The Kier molecular flexibility index (Phi) is 12.2. The Hall–Kier alpha value is -0.500. The zero-order valence-corrected chi connectivity index (χ0v) is 13.3. The van der Waals surface area contributed by atoms with Crippen molar-refractivity contribution >= 4 is 17.6 Å². The van der Waals surface area contributed by atoms with Gasteiger partial charge in [0.1, 0.15) is 6.61 Å². The number of ether oxygens (including phenoxy) is 1. The van der Waals surface area contributed by atoms with Gasteiger partial charge in [-0.25, -0.2) is 4.79 Å². The lowest BCUT2D eigenvalue weighted by Gasteiger charge is -2.10. The fourth-order valence-electron chi connectivity index (χ4n) is 1.87. The molecule has 0 rings (SSSR count). The van der Waals surface area contributed by atoms with E-state index in [1.165, 1.54) is 44.9 Å². The van der Waals surface area contributed by atoms with Gasteiger partial charge in [0, 0.05) is 5.57 Å². The highest BCUT2D eigenvalue weighted by Gasteiger charge is 2.09. The Labute approximate surface area is 123 Å².